The first-order valence-corrected chi connectivity index (χ1v) is 7.03. The Labute approximate surface area is 121 Å². The Bertz CT molecular complexity index is 423. The molecule has 5 heteroatoms. The van der Waals surface area contributed by atoms with Crippen LogP contribution in [0.1, 0.15) is 19.4 Å². The number of urea groups is 1. The van der Waals surface area contributed by atoms with Crippen molar-refractivity contribution in [2.45, 2.75) is 26.8 Å². The van der Waals surface area contributed by atoms with Gasteiger partial charge >= 0.3 is 6.03 Å². The zero-order valence-electron chi connectivity index (χ0n) is 12.5. The smallest absolute Gasteiger partial charge is 0.315 e. The highest BCUT2D eigenvalue weighted by atomic mass is 16.3. The van der Waals surface area contributed by atoms with E-state index in [1.165, 1.54) is 11.3 Å². The van der Waals surface area contributed by atoms with Crippen LogP contribution >= 0.6 is 0 Å². The summed E-state index contributed by atoms with van der Waals surface area (Å²) in [6.07, 6.45) is 0. The van der Waals surface area contributed by atoms with E-state index in [1.807, 2.05) is 6.07 Å². The van der Waals surface area contributed by atoms with Crippen LogP contribution in [-0.4, -0.2) is 43.4 Å². The molecule has 1 atom stereocenters. The number of benzene rings is 1. The molecule has 0 bridgehead atoms. The number of aryl methyl sites for hydroxylation is 1. The van der Waals surface area contributed by atoms with Gasteiger partial charge in [0.2, 0.25) is 0 Å². The third kappa shape index (κ3) is 5.48. The molecule has 0 aliphatic heterocycles. The number of carbonyl (C=O) groups is 1. The molecule has 1 aromatic rings. The Balaban J connectivity index is 2.41. The van der Waals surface area contributed by atoms with Crippen LogP contribution in [0.5, 0.6) is 0 Å². The van der Waals surface area contributed by atoms with Crippen molar-refractivity contribution in [3.05, 3.63) is 29.8 Å². The molecule has 0 aromatic heterocycles. The second-order valence-electron chi connectivity index (χ2n) is 4.90. The second-order valence-corrected chi connectivity index (χ2v) is 4.90. The van der Waals surface area contributed by atoms with Crippen LogP contribution < -0.4 is 15.5 Å². The van der Waals surface area contributed by atoms with Crippen molar-refractivity contribution in [2.75, 3.05) is 31.1 Å². The minimum atomic E-state index is -0.244. The van der Waals surface area contributed by atoms with Crippen molar-refractivity contribution < 1.29 is 9.90 Å². The number of hydrogen-bond acceptors (Lipinski definition) is 3. The Morgan fingerprint density at radius 2 is 2.20 bits per heavy atom. The first-order chi connectivity index (χ1) is 9.56. The maximum Gasteiger partial charge on any atom is 0.315 e. The second kappa shape index (κ2) is 8.43. The molecule has 0 heterocycles. The van der Waals surface area contributed by atoms with E-state index < -0.39 is 0 Å². The first-order valence-electron chi connectivity index (χ1n) is 7.03. The van der Waals surface area contributed by atoms with E-state index in [1.54, 1.807) is 6.92 Å². The number of aliphatic hydroxyl groups excluding tert-OH is 1. The molecule has 0 aliphatic rings. The van der Waals surface area contributed by atoms with E-state index >= 15 is 0 Å². The number of aliphatic hydroxyl groups is 1. The molecule has 0 fully saturated rings. The van der Waals surface area contributed by atoms with Crippen LogP contribution in [0.3, 0.4) is 0 Å². The number of nitrogens with one attached hydrogen (secondary N) is 2. The maximum atomic E-state index is 11.5. The molecule has 1 rings (SSSR count). The summed E-state index contributed by atoms with van der Waals surface area (Å²) in [7, 11) is 0. The van der Waals surface area contributed by atoms with Crippen molar-refractivity contribution in [3.63, 3.8) is 0 Å². The Hall–Kier alpha value is -1.75. The summed E-state index contributed by atoms with van der Waals surface area (Å²) in [6, 6.07) is 7.85. The van der Waals surface area contributed by atoms with Crippen LogP contribution in [0.15, 0.2) is 24.3 Å². The van der Waals surface area contributed by atoms with Gasteiger partial charge in [-0.1, -0.05) is 12.1 Å². The van der Waals surface area contributed by atoms with E-state index in [-0.39, 0.29) is 18.7 Å². The van der Waals surface area contributed by atoms with Crippen molar-refractivity contribution in [1.82, 2.24) is 10.6 Å². The topological polar surface area (TPSA) is 64.6 Å². The van der Waals surface area contributed by atoms with Gasteiger partial charge in [-0.3, -0.25) is 0 Å². The average molecular weight is 279 g/mol. The van der Waals surface area contributed by atoms with Gasteiger partial charge in [-0.05, 0) is 38.5 Å². The van der Waals surface area contributed by atoms with Crippen LogP contribution in [0.25, 0.3) is 0 Å². The Morgan fingerprint density at radius 3 is 2.80 bits per heavy atom. The molecule has 5 nitrogen and oxygen atoms in total. The lowest BCUT2D eigenvalue weighted by Gasteiger charge is -2.24. The van der Waals surface area contributed by atoms with Crippen LogP contribution in [0.4, 0.5) is 10.5 Å². The minimum Gasteiger partial charge on any atom is -0.394 e. The van der Waals surface area contributed by atoms with E-state index in [0.717, 1.165) is 13.1 Å². The van der Waals surface area contributed by atoms with Crippen LogP contribution in [0.2, 0.25) is 0 Å². The molecule has 0 aliphatic carbocycles. The number of rotatable bonds is 7. The molecular weight excluding hydrogens is 254 g/mol. The van der Waals surface area contributed by atoms with Crippen molar-refractivity contribution in [3.8, 4) is 0 Å². The van der Waals surface area contributed by atoms with Gasteiger partial charge in [0.1, 0.15) is 0 Å². The molecular formula is C15H25N3O2. The number of nitrogens with zero attached hydrogens (tertiary/aromatic N) is 1. The fourth-order valence-electron chi connectivity index (χ4n) is 1.92. The number of carbonyl (C=O) groups excluding carboxylic acids is 1. The third-order valence-electron chi connectivity index (χ3n) is 3.07. The Morgan fingerprint density at radius 1 is 1.45 bits per heavy atom. The van der Waals surface area contributed by atoms with Gasteiger partial charge in [0, 0.05) is 25.3 Å². The van der Waals surface area contributed by atoms with Gasteiger partial charge in [-0.2, -0.15) is 0 Å². The van der Waals surface area contributed by atoms with E-state index in [4.69, 9.17) is 5.11 Å². The lowest BCUT2D eigenvalue weighted by Crippen LogP contribution is -2.44. The summed E-state index contributed by atoms with van der Waals surface area (Å²) in [6.45, 7) is 8.06. The standard InChI is InChI=1S/C15H25N3O2/c1-4-18(14-7-5-6-12(2)10-14)9-8-16-15(20)17-13(3)11-19/h5-7,10,13,19H,4,8-9,11H2,1-3H3,(H2,16,17,20). The summed E-state index contributed by atoms with van der Waals surface area (Å²) in [5.74, 6) is 0. The third-order valence-corrected chi connectivity index (χ3v) is 3.07. The van der Waals surface area contributed by atoms with Crippen molar-refractivity contribution >= 4 is 11.7 Å². The predicted molar refractivity (Wildman–Crippen MR) is 82.1 cm³/mol. The quantitative estimate of drug-likeness (QED) is 0.709. The number of anilines is 1. The molecule has 3 N–H and O–H groups in total. The van der Waals surface area contributed by atoms with Crippen molar-refractivity contribution in [2.24, 2.45) is 0 Å². The fraction of sp³-hybridized carbons (Fsp3) is 0.533. The summed E-state index contributed by atoms with van der Waals surface area (Å²) < 4.78 is 0. The molecule has 0 saturated heterocycles. The summed E-state index contributed by atoms with van der Waals surface area (Å²) in [5.41, 5.74) is 2.39. The minimum absolute atomic E-state index is 0.0577. The van der Waals surface area contributed by atoms with Gasteiger partial charge < -0.3 is 20.6 Å². The highest BCUT2D eigenvalue weighted by Crippen LogP contribution is 2.14. The number of hydrogen-bond donors (Lipinski definition) is 3. The first kappa shape index (κ1) is 16.3. The molecule has 0 radical (unpaired) electrons. The van der Waals surface area contributed by atoms with Gasteiger partial charge in [0.25, 0.3) is 0 Å². The van der Waals surface area contributed by atoms with E-state index in [0.29, 0.717) is 6.54 Å². The largest absolute Gasteiger partial charge is 0.394 e. The lowest BCUT2D eigenvalue weighted by atomic mass is 10.2. The molecule has 1 unspecified atom stereocenters. The highest BCUT2D eigenvalue weighted by Gasteiger charge is 2.07. The zero-order chi connectivity index (χ0) is 15.0. The number of likely N-dealkylation sites (N-methyl/N-ethyl adjacent to an activating group) is 1. The average Bonchev–Trinajstić information content (AvgIpc) is 2.43. The normalized spacial score (nSPS) is 11.8. The summed E-state index contributed by atoms with van der Waals surface area (Å²) >= 11 is 0. The lowest BCUT2D eigenvalue weighted by molar-refractivity contribution is 0.221. The Kier molecular flexibility index (Phi) is 6.87. The number of amides is 2. The zero-order valence-corrected chi connectivity index (χ0v) is 12.5. The maximum absolute atomic E-state index is 11.5. The van der Waals surface area contributed by atoms with Crippen molar-refractivity contribution in [1.29, 1.82) is 0 Å². The van der Waals surface area contributed by atoms with Gasteiger partial charge in [-0.15, -0.1) is 0 Å². The van der Waals surface area contributed by atoms with Gasteiger partial charge in [0.05, 0.1) is 12.6 Å². The molecule has 20 heavy (non-hydrogen) atoms. The van der Waals surface area contributed by atoms with Gasteiger partial charge in [0.15, 0.2) is 0 Å². The van der Waals surface area contributed by atoms with E-state index in [2.05, 4.69) is 47.6 Å². The highest BCUT2D eigenvalue weighted by molar-refractivity contribution is 5.74. The summed E-state index contributed by atoms with van der Waals surface area (Å²) in [4.78, 5) is 13.7. The molecule has 112 valence electrons. The van der Waals surface area contributed by atoms with E-state index in [9.17, 15) is 4.79 Å². The van der Waals surface area contributed by atoms with Crippen LogP contribution in [-0.2, 0) is 0 Å². The molecule has 0 saturated carbocycles. The van der Waals surface area contributed by atoms with Gasteiger partial charge in [-0.25, -0.2) is 4.79 Å². The monoisotopic (exact) mass is 279 g/mol. The SMILES string of the molecule is CCN(CCNC(=O)NC(C)CO)c1cccc(C)c1. The molecule has 1 aromatic carbocycles. The predicted octanol–water partition coefficient (Wildman–Crippen LogP) is 1.50. The molecule has 2 amide bonds. The molecule has 0 spiro atoms. The fourth-order valence-corrected chi connectivity index (χ4v) is 1.92. The summed E-state index contributed by atoms with van der Waals surface area (Å²) in [5, 5.41) is 14.3. The van der Waals surface area contributed by atoms with Crippen LogP contribution in [0, 0.1) is 6.92 Å².